The summed E-state index contributed by atoms with van der Waals surface area (Å²) in [6, 6.07) is 11.7. The fourth-order valence-corrected chi connectivity index (χ4v) is 2.42. The molecule has 2 aromatic carbocycles. The molecule has 0 saturated heterocycles. The Morgan fingerprint density at radius 2 is 1.73 bits per heavy atom. The number of para-hydroxylation sites is 1. The molecule has 2 N–H and O–H groups in total. The number of alkyl halides is 3. The molecular weight excluding hydrogens is 369 g/mol. The van der Waals surface area contributed by atoms with E-state index in [1.807, 2.05) is 0 Å². The number of aromatic nitrogens is 3. The van der Waals surface area contributed by atoms with Crippen molar-refractivity contribution in [1.82, 2.24) is 15.2 Å². The first-order chi connectivity index (χ1) is 12.3. The highest BCUT2D eigenvalue weighted by Crippen LogP contribution is 2.35. The fourth-order valence-electron chi connectivity index (χ4n) is 2.29. The van der Waals surface area contributed by atoms with E-state index in [0.717, 1.165) is 11.6 Å². The van der Waals surface area contributed by atoms with Gasteiger partial charge in [-0.3, -0.25) is 9.78 Å². The third-order valence-corrected chi connectivity index (χ3v) is 3.79. The molecular formula is C17H12ClF3N4O. The highest BCUT2D eigenvalue weighted by molar-refractivity contribution is 6.30. The number of hydrogen-bond donors (Lipinski definition) is 2. The summed E-state index contributed by atoms with van der Waals surface area (Å²) >= 11 is 5.80. The van der Waals surface area contributed by atoms with Crippen LogP contribution in [0, 0.1) is 0 Å². The molecule has 0 aliphatic rings. The summed E-state index contributed by atoms with van der Waals surface area (Å²) in [4.78, 5) is 14.5. The summed E-state index contributed by atoms with van der Waals surface area (Å²) in [5.74, 6) is -0.174. The summed E-state index contributed by atoms with van der Waals surface area (Å²) in [6.07, 6.45) is -4.31. The van der Waals surface area contributed by atoms with Gasteiger partial charge in [0.05, 0.1) is 11.3 Å². The van der Waals surface area contributed by atoms with Crippen LogP contribution < -0.4 is 10.9 Å². The second-order valence-electron chi connectivity index (χ2n) is 5.42. The zero-order valence-corrected chi connectivity index (χ0v) is 13.9. The Labute approximate surface area is 150 Å². The van der Waals surface area contributed by atoms with Crippen LogP contribution in [0.25, 0.3) is 0 Å². The quantitative estimate of drug-likeness (QED) is 0.712. The van der Waals surface area contributed by atoms with E-state index in [0.29, 0.717) is 5.02 Å². The van der Waals surface area contributed by atoms with Crippen molar-refractivity contribution in [2.24, 2.45) is 0 Å². The number of benzene rings is 2. The number of anilines is 2. The van der Waals surface area contributed by atoms with Crippen LogP contribution in [0.5, 0.6) is 0 Å². The Kier molecular flexibility index (Phi) is 4.94. The minimum Gasteiger partial charge on any atom is -0.324 e. The minimum absolute atomic E-state index is 0.141. The van der Waals surface area contributed by atoms with Crippen molar-refractivity contribution < 1.29 is 13.2 Å². The van der Waals surface area contributed by atoms with E-state index in [1.165, 1.54) is 18.2 Å². The van der Waals surface area contributed by atoms with E-state index in [4.69, 9.17) is 11.6 Å². The first-order valence-corrected chi connectivity index (χ1v) is 7.84. The van der Waals surface area contributed by atoms with Crippen LogP contribution in [0.3, 0.4) is 0 Å². The number of aromatic amines is 1. The third-order valence-electron chi connectivity index (χ3n) is 3.54. The number of hydrogen-bond acceptors (Lipinski definition) is 4. The summed E-state index contributed by atoms with van der Waals surface area (Å²) in [6.45, 7) is 0. The first kappa shape index (κ1) is 17.9. The van der Waals surface area contributed by atoms with Crippen molar-refractivity contribution in [3.05, 3.63) is 80.7 Å². The molecule has 26 heavy (non-hydrogen) atoms. The zero-order valence-electron chi connectivity index (χ0n) is 13.1. The maximum Gasteiger partial charge on any atom is 0.418 e. The van der Waals surface area contributed by atoms with Gasteiger partial charge in [-0.2, -0.15) is 13.2 Å². The predicted molar refractivity (Wildman–Crippen MR) is 91.6 cm³/mol. The molecule has 0 spiro atoms. The van der Waals surface area contributed by atoms with E-state index >= 15 is 0 Å². The van der Waals surface area contributed by atoms with E-state index in [-0.39, 0.29) is 23.8 Å². The smallest absolute Gasteiger partial charge is 0.324 e. The predicted octanol–water partition coefficient (Wildman–Crippen LogP) is 4.17. The van der Waals surface area contributed by atoms with Gasteiger partial charge in [0.25, 0.3) is 5.56 Å². The lowest BCUT2D eigenvalue weighted by Gasteiger charge is -2.13. The molecule has 0 amide bonds. The molecule has 134 valence electrons. The third kappa shape index (κ3) is 4.20. The summed E-state index contributed by atoms with van der Waals surface area (Å²) < 4.78 is 39.0. The standard InChI is InChI=1S/C17H12ClF3N4O/c18-11-7-5-10(6-8-11)9-14-15(26)23-16(25-24-14)22-13-4-2-1-3-12(13)17(19,20)21/h1-8H,9H2,(H2,22,23,25,26). The van der Waals surface area contributed by atoms with Crippen LogP contribution in [0.4, 0.5) is 24.8 Å². The van der Waals surface area contributed by atoms with Crippen molar-refractivity contribution in [2.45, 2.75) is 12.6 Å². The molecule has 1 aromatic heterocycles. The first-order valence-electron chi connectivity index (χ1n) is 7.46. The van der Waals surface area contributed by atoms with Crippen LogP contribution in [-0.4, -0.2) is 15.2 Å². The van der Waals surface area contributed by atoms with Crippen LogP contribution in [0.2, 0.25) is 5.02 Å². The van der Waals surface area contributed by atoms with E-state index < -0.39 is 17.3 Å². The average molecular weight is 381 g/mol. The number of rotatable bonds is 4. The number of H-pyrrole nitrogens is 1. The van der Waals surface area contributed by atoms with E-state index in [2.05, 4.69) is 20.5 Å². The topological polar surface area (TPSA) is 70.7 Å². The van der Waals surface area contributed by atoms with Gasteiger partial charge in [0.1, 0.15) is 5.69 Å². The molecule has 0 aliphatic carbocycles. The minimum atomic E-state index is -4.54. The highest BCUT2D eigenvalue weighted by atomic mass is 35.5. The average Bonchev–Trinajstić information content (AvgIpc) is 2.59. The van der Waals surface area contributed by atoms with Crippen molar-refractivity contribution >= 4 is 23.2 Å². The van der Waals surface area contributed by atoms with Gasteiger partial charge >= 0.3 is 6.18 Å². The van der Waals surface area contributed by atoms with Crippen LogP contribution in [-0.2, 0) is 12.6 Å². The van der Waals surface area contributed by atoms with Gasteiger partial charge in [-0.15, -0.1) is 10.2 Å². The molecule has 3 rings (SSSR count). The molecule has 0 atom stereocenters. The van der Waals surface area contributed by atoms with Gasteiger partial charge in [-0.05, 0) is 29.8 Å². The van der Waals surface area contributed by atoms with Gasteiger partial charge < -0.3 is 5.32 Å². The van der Waals surface area contributed by atoms with Gasteiger partial charge in [0.15, 0.2) is 0 Å². The molecule has 0 saturated carbocycles. The Hall–Kier alpha value is -2.87. The van der Waals surface area contributed by atoms with Crippen LogP contribution >= 0.6 is 11.6 Å². The Morgan fingerprint density at radius 1 is 1.04 bits per heavy atom. The Balaban J connectivity index is 1.83. The Bertz CT molecular complexity index is 971. The normalized spacial score (nSPS) is 11.4. The zero-order chi connectivity index (χ0) is 18.7. The van der Waals surface area contributed by atoms with Gasteiger partial charge in [0.2, 0.25) is 5.95 Å². The molecule has 1 heterocycles. The van der Waals surface area contributed by atoms with Gasteiger partial charge in [0, 0.05) is 11.4 Å². The monoisotopic (exact) mass is 380 g/mol. The largest absolute Gasteiger partial charge is 0.418 e. The molecule has 0 radical (unpaired) electrons. The van der Waals surface area contributed by atoms with Gasteiger partial charge in [-0.25, -0.2) is 0 Å². The SMILES string of the molecule is O=c1[nH]c(Nc2ccccc2C(F)(F)F)nnc1Cc1ccc(Cl)cc1. The van der Waals surface area contributed by atoms with Gasteiger partial charge in [-0.1, -0.05) is 35.9 Å². The van der Waals surface area contributed by atoms with Crippen LogP contribution in [0.15, 0.2) is 53.3 Å². The second-order valence-corrected chi connectivity index (χ2v) is 5.86. The van der Waals surface area contributed by atoms with Crippen molar-refractivity contribution in [3.8, 4) is 0 Å². The summed E-state index contributed by atoms with van der Waals surface area (Å²) in [5.41, 5.74) is -0.690. The lowest BCUT2D eigenvalue weighted by atomic mass is 10.1. The molecule has 0 aliphatic heterocycles. The molecule has 0 bridgehead atoms. The van der Waals surface area contributed by atoms with E-state index in [1.54, 1.807) is 24.3 Å². The number of nitrogens with zero attached hydrogens (tertiary/aromatic N) is 2. The van der Waals surface area contributed by atoms with E-state index in [9.17, 15) is 18.0 Å². The number of nitrogens with one attached hydrogen (secondary N) is 2. The lowest BCUT2D eigenvalue weighted by molar-refractivity contribution is -0.136. The van der Waals surface area contributed by atoms with Crippen LogP contribution in [0.1, 0.15) is 16.8 Å². The molecule has 0 fully saturated rings. The maximum absolute atomic E-state index is 13.0. The summed E-state index contributed by atoms with van der Waals surface area (Å²) in [5, 5.41) is 10.6. The summed E-state index contributed by atoms with van der Waals surface area (Å²) in [7, 11) is 0. The molecule has 9 heteroatoms. The highest BCUT2D eigenvalue weighted by Gasteiger charge is 2.33. The van der Waals surface area contributed by atoms with Crippen molar-refractivity contribution in [2.75, 3.05) is 5.32 Å². The molecule has 3 aromatic rings. The van der Waals surface area contributed by atoms with Crippen molar-refractivity contribution in [1.29, 1.82) is 0 Å². The molecule has 5 nitrogen and oxygen atoms in total. The van der Waals surface area contributed by atoms with Crippen molar-refractivity contribution in [3.63, 3.8) is 0 Å². The number of halogens is 4. The second kappa shape index (κ2) is 7.17. The maximum atomic E-state index is 13.0. The molecule has 0 unspecified atom stereocenters. The fraction of sp³-hybridized carbons (Fsp3) is 0.118. The Morgan fingerprint density at radius 3 is 2.38 bits per heavy atom. The lowest BCUT2D eigenvalue weighted by Crippen LogP contribution is -2.19.